The van der Waals surface area contributed by atoms with Crippen molar-refractivity contribution in [3.63, 3.8) is 0 Å². The highest BCUT2D eigenvalue weighted by atomic mass is 16.1. The van der Waals surface area contributed by atoms with Gasteiger partial charge in [0.05, 0.1) is 11.1 Å². The lowest BCUT2D eigenvalue weighted by Crippen LogP contribution is -2.49. The van der Waals surface area contributed by atoms with Crippen molar-refractivity contribution in [2.24, 2.45) is 0 Å². The summed E-state index contributed by atoms with van der Waals surface area (Å²) in [6.07, 6.45) is 3.91. The summed E-state index contributed by atoms with van der Waals surface area (Å²) < 4.78 is 0. The van der Waals surface area contributed by atoms with Gasteiger partial charge in [0, 0.05) is 12.8 Å². The molecular weight excluding hydrogens is 264 g/mol. The maximum atomic E-state index is 11.9. The molecule has 0 spiro atoms. The van der Waals surface area contributed by atoms with Crippen LogP contribution in [-0.2, 0) is 9.59 Å². The Kier molecular flexibility index (Phi) is 8.98. The molecule has 4 heteroatoms. The monoisotopic (exact) mass is 298 g/mol. The van der Waals surface area contributed by atoms with Crippen LogP contribution in [-0.4, -0.2) is 35.7 Å². The lowest BCUT2D eigenvalue weighted by molar-refractivity contribution is -0.124. The molecule has 0 aromatic carbocycles. The fourth-order valence-corrected chi connectivity index (χ4v) is 2.17. The van der Waals surface area contributed by atoms with E-state index in [4.69, 9.17) is 0 Å². The minimum absolute atomic E-state index is 0.261. The van der Waals surface area contributed by atoms with Crippen molar-refractivity contribution in [3.8, 4) is 0 Å². The highest BCUT2D eigenvalue weighted by Gasteiger charge is 2.26. The summed E-state index contributed by atoms with van der Waals surface area (Å²) in [5, 5.41) is 6.62. The Morgan fingerprint density at radius 2 is 1.10 bits per heavy atom. The Morgan fingerprint density at radius 3 is 1.38 bits per heavy atom. The molecule has 0 aliphatic rings. The van der Waals surface area contributed by atoms with Gasteiger partial charge in [0.2, 0.25) is 0 Å². The molecule has 0 aliphatic carbocycles. The van der Waals surface area contributed by atoms with Crippen molar-refractivity contribution in [1.29, 1.82) is 0 Å². The van der Waals surface area contributed by atoms with Gasteiger partial charge in [0.15, 0.2) is 11.6 Å². The van der Waals surface area contributed by atoms with Gasteiger partial charge in [-0.25, -0.2) is 0 Å². The van der Waals surface area contributed by atoms with E-state index in [1.807, 2.05) is 41.5 Å². The van der Waals surface area contributed by atoms with E-state index in [1.54, 1.807) is 0 Å². The molecule has 0 amide bonds. The van der Waals surface area contributed by atoms with Crippen molar-refractivity contribution in [2.45, 2.75) is 84.7 Å². The quantitative estimate of drug-likeness (QED) is 0.544. The van der Waals surface area contributed by atoms with E-state index >= 15 is 0 Å². The van der Waals surface area contributed by atoms with Crippen LogP contribution in [0.25, 0.3) is 0 Å². The van der Waals surface area contributed by atoms with Gasteiger partial charge >= 0.3 is 0 Å². The summed E-state index contributed by atoms with van der Waals surface area (Å²) in [5.74, 6) is 0.521. The number of carbonyl (C=O) groups is 2. The summed E-state index contributed by atoms with van der Waals surface area (Å²) in [6.45, 7) is 13.3. The van der Waals surface area contributed by atoms with Gasteiger partial charge in [-0.1, -0.05) is 13.8 Å². The van der Waals surface area contributed by atoms with Gasteiger partial charge in [-0.05, 0) is 60.0 Å². The minimum atomic E-state index is -0.455. The second-order valence-electron chi connectivity index (χ2n) is 6.80. The van der Waals surface area contributed by atoms with Crippen LogP contribution < -0.4 is 10.6 Å². The molecule has 0 saturated heterocycles. The van der Waals surface area contributed by atoms with Crippen LogP contribution in [0.1, 0.15) is 73.6 Å². The molecule has 0 aromatic heterocycles. The molecule has 0 unspecified atom stereocenters. The highest BCUT2D eigenvalue weighted by Crippen LogP contribution is 2.10. The first-order chi connectivity index (χ1) is 9.67. The molecule has 0 aromatic rings. The number of nitrogens with one attached hydrogen (secondary N) is 2. The molecule has 0 saturated carbocycles. The van der Waals surface area contributed by atoms with Crippen LogP contribution in [0.5, 0.6) is 0 Å². The van der Waals surface area contributed by atoms with Crippen LogP contribution in [0.3, 0.4) is 0 Å². The van der Waals surface area contributed by atoms with E-state index < -0.39 is 11.1 Å². The largest absolute Gasteiger partial charge is 0.305 e. The maximum absolute atomic E-state index is 11.9. The summed E-state index contributed by atoms with van der Waals surface area (Å²) in [5.41, 5.74) is -0.910. The Hall–Kier alpha value is -0.740. The molecule has 0 rings (SSSR count). The molecule has 0 aliphatic heterocycles. The van der Waals surface area contributed by atoms with Crippen LogP contribution in [0.15, 0.2) is 0 Å². The van der Waals surface area contributed by atoms with Gasteiger partial charge in [-0.3, -0.25) is 9.59 Å². The van der Waals surface area contributed by atoms with Crippen molar-refractivity contribution in [2.75, 3.05) is 13.1 Å². The first-order valence-corrected chi connectivity index (χ1v) is 8.24. The lowest BCUT2D eigenvalue weighted by Gasteiger charge is -2.27. The first kappa shape index (κ1) is 20.3. The molecule has 21 heavy (non-hydrogen) atoms. The van der Waals surface area contributed by atoms with Crippen LogP contribution >= 0.6 is 0 Å². The molecule has 0 atom stereocenters. The van der Waals surface area contributed by atoms with Gasteiger partial charge in [0.1, 0.15) is 0 Å². The molecule has 0 fully saturated rings. The second kappa shape index (κ2) is 9.31. The zero-order chi connectivity index (χ0) is 16.5. The van der Waals surface area contributed by atoms with Crippen LogP contribution in [0.2, 0.25) is 0 Å². The summed E-state index contributed by atoms with van der Waals surface area (Å²) in [7, 11) is 0. The van der Waals surface area contributed by atoms with E-state index in [0.29, 0.717) is 12.8 Å². The Morgan fingerprint density at radius 1 is 0.762 bits per heavy atom. The average molecular weight is 298 g/mol. The Labute approximate surface area is 130 Å². The zero-order valence-electron chi connectivity index (χ0n) is 14.8. The smallest absolute Gasteiger partial charge is 0.152 e. The normalized spacial score (nSPS) is 12.5. The van der Waals surface area contributed by atoms with E-state index in [0.717, 1.165) is 32.4 Å². The predicted molar refractivity (Wildman–Crippen MR) is 88.6 cm³/mol. The van der Waals surface area contributed by atoms with E-state index in [2.05, 4.69) is 10.6 Å². The van der Waals surface area contributed by atoms with Gasteiger partial charge in [0.25, 0.3) is 0 Å². The molecule has 0 bridgehead atoms. The van der Waals surface area contributed by atoms with Gasteiger partial charge in [-0.15, -0.1) is 0 Å². The lowest BCUT2D eigenvalue weighted by atomic mass is 9.95. The SMILES string of the molecule is CCCC(=O)C(C)(C)NCCCNC(C)(C)C(=O)CCC. The molecule has 0 radical (unpaired) electrons. The zero-order valence-corrected chi connectivity index (χ0v) is 14.8. The first-order valence-electron chi connectivity index (χ1n) is 8.24. The molecular formula is C17H34N2O2. The van der Waals surface area contributed by atoms with Crippen molar-refractivity contribution in [1.82, 2.24) is 10.6 Å². The Balaban J connectivity index is 4.01. The fraction of sp³-hybridized carbons (Fsp3) is 0.882. The summed E-state index contributed by atoms with van der Waals surface area (Å²) in [4.78, 5) is 23.9. The third kappa shape index (κ3) is 7.72. The third-order valence-electron chi connectivity index (χ3n) is 3.84. The number of Topliss-reactive ketones (excluding diaryl/α,β-unsaturated/α-hetero) is 2. The number of carbonyl (C=O) groups excluding carboxylic acids is 2. The number of hydrogen-bond donors (Lipinski definition) is 2. The standard InChI is InChI=1S/C17H34N2O2/c1-7-10-14(20)16(3,4)18-12-9-13-19-17(5,6)15(21)11-8-2/h18-19H,7-13H2,1-6H3. The van der Waals surface area contributed by atoms with Crippen molar-refractivity contribution < 1.29 is 9.59 Å². The molecule has 2 N–H and O–H groups in total. The minimum Gasteiger partial charge on any atom is -0.305 e. The third-order valence-corrected chi connectivity index (χ3v) is 3.84. The highest BCUT2D eigenvalue weighted by molar-refractivity contribution is 5.87. The predicted octanol–water partition coefficient (Wildman–Crippen LogP) is 2.85. The summed E-state index contributed by atoms with van der Waals surface area (Å²) >= 11 is 0. The van der Waals surface area contributed by atoms with Crippen molar-refractivity contribution >= 4 is 11.6 Å². The molecule has 0 heterocycles. The van der Waals surface area contributed by atoms with Crippen LogP contribution in [0, 0.1) is 0 Å². The average Bonchev–Trinajstić information content (AvgIpc) is 2.38. The number of ketones is 2. The van der Waals surface area contributed by atoms with Gasteiger partial charge < -0.3 is 10.6 Å². The summed E-state index contributed by atoms with van der Waals surface area (Å²) in [6, 6.07) is 0. The second-order valence-corrected chi connectivity index (χ2v) is 6.80. The van der Waals surface area contributed by atoms with E-state index in [-0.39, 0.29) is 11.6 Å². The van der Waals surface area contributed by atoms with E-state index in [1.165, 1.54) is 0 Å². The number of hydrogen-bond acceptors (Lipinski definition) is 4. The molecule has 4 nitrogen and oxygen atoms in total. The maximum Gasteiger partial charge on any atom is 0.152 e. The fourth-order valence-electron chi connectivity index (χ4n) is 2.17. The van der Waals surface area contributed by atoms with Crippen molar-refractivity contribution in [3.05, 3.63) is 0 Å². The van der Waals surface area contributed by atoms with Crippen LogP contribution in [0.4, 0.5) is 0 Å². The molecule has 124 valence electrons. The topological polar surface area (TPSA) is 58.2 Å². The number of rotatable bonds is 12. The Bertz CT molecular complexity index is 304. The van der Waals surface area contributed by atoms with Gasteiger partial charge in [-0.2, -0.15) is 0 Å². The van der Waals surface area contributed by atoms with E-state index in [9.17, 15) is 9.59 Å².